The molecule has 22 heavy (non-hydrogen) atoms. The van der Waals surface area contributed by atoms with E-state index in [4.69, 9.17) is 15.6 Å². The number of ketones is 1. The number of carboxylic acid groups (broad SMARTS) is 1. The molecule has 0 radical (unpaired) electrons. The number of aliphatic carboxylic acids is 1. The molecular formula is C15H22N2O5. The summed E-state index contributed by atoms with van der Waals surface area (Å²) in [5, 5.41) is 21.0. The van der Waals surface area contributed by atoms with Crippen LogP contribution in [0.2, 0.25) is 0 Å². The smallest absolute Gasteiger partial charge is 0.323 e. The molecule has 0 aliphatic carbocycles. The van der Waals surface area contributed by atoms with Gasteiger partial charge < -0.3 is 20.7 Å². The summed E-state index contributed by atoms with van der Waals surface area (Å²) in [6, 6.07) is 2.65. The lowest BCUT2D eigenvalue weighted by Gasteiger charge is -2.21. The topological polar surface area (TPSA) is 122 Å². The summed E-state index contributed by atoms with van der Waals surface area (Å²) in [7, 11) is 0. The maximum Gasteiger partial charge on any atom is 0.323 e. The monoisotopic (exact) mass is 310 g/mol. The minimum Gasteiger partial charge on any atom is -0.492 e. The van der Waals surface area contributed by atoms with Gasteiger partial charge in [-0.25, -0.2) is 0 Å². The Bertz CT molecular complexity index is 545. The SMILES string of the molecule is CCOc1ccc(C(=O)C(C)NC(C(=O)O)C(C)O)cc1N. The van der Waals surface area contributed by atoms with E-state index in [0.717, 1.165) is 0 Å². The van der Waals surface area contributed by atoms with Crippen molar-refractivity contribution in [3.05, 3.63) is 23.8 Å². The average Bonchev–Trinajstić information content (AvgIpc) is 2.45. The quantitative estimate of drug-likeness (QED) is 0.411. The van der Waals surface area contributed by atoms with E-state index >= 15 is 0 Å². The molecule has 5 N–H and O–H groups in total. The summed E-state index contributed by atoms with van der Waals surface area (Å²) >= 11 is 0. The Hall–Kier alpha value is -2.12. The fraction of sp³-hybridized carbons (Fsp3) is 0.467. The molecule has 0 fully saturated rings. The number of carbonyl (C=O) groups excluding carboxylic acids is 1. The van der Waals surface area contributed by atoms with Crippen LogP contribution in [0.25, 0.3) is 0 Å². The van der Waals surface area contributed by atoms with Crippen molar-refractivity contribution in [2.75, 3.05) is 12.3 Å². The highest BCUT2D eigenvalue weighted by molar-refractivity contribution is 6.01. The van der Waals surface area contributed by atoms with Crippen molar-refractivity contribution in [1.82, 2.24) is 5.32 Å². The van der Waals surface area contributed by atoms with Crippen molar-refractivity contribution in [3.63, 3.8) is 0 Å². The Morgan fingerprint density at radius 3 is 2.45 bits per heavy atom. The molecule has 0 saturated carbocycles. The third-order valence-electron chi connectivity index (χ3n) is 3.17. The predicted molar refractivity (Wildman–Crippen MR) is 82.1 cm³/mol. The molecule has 1 aromatic carbocycles. The number of ether oxygens (including phenoxy) is 1. The molecule has 7 nitrogen and oxygen atoms in total. The van der Waals surface area contributed by atoms with Crippen LogP contribution in [-0.2, 0) is 4.79 Å². The van der Waals surface area contributed by atoms with Crippen LogP contribution in [0.4, 0.5) is 5.69 Å². The van der Waals surface area contributed by atoms with E-state index in [2.05, 4.69) is 5.32 Å². The summed E-state index contributed by atoms with van der Waals surface area (Å²) in [5.41, 5.74) is 6.49. The van der Waals surface area contributed by atoms with Crippen molar-refractivity contribution < 1.29 is 24.5 Å². The van der Waals surface area contributed by atoms with Gasteiger partial charge in [-0.1, -0.05) is 0 Å². The first-order valence-corrected chi connectivity index (χ1v) is 7.01. The van der Waals surface area contributed by atoms with Gasteiger partial charge in [0.05, 0.1) is 24.4 Å². The number of nitrogen functional groups attached to an aromatic ring is 1. The van der Waals surface area contributed by atoms with Gasteiger partial charge >= 0.3 is 5.97 Å². The van der Waals surface area contributed by atoms with Gasteiger partial charge in [-0.05, 0) is 39.0 Å². The molecule has 3 unspecified atom stereocenters. The number of aliphatic hydroxyl groups is 1. The standard InChI is InChI=1S/C15H22N2O5/c1-4-22-12-6-5-10(7-11(12)16)14(19)8(2)17-13(9(3)18)15(20)21/h5-9,13,17-18H,4,16H2,1-3H3,(H,20,21). The van der Waals surface area contributed by atoms with Gasteiger partial charge in [0.15, 0.2) is 5.78 Å². The number of carboxylic acids is 1. The Labute approximate surface area is 129 Å². The molecule has 0 amide bonds. The summed E-state index contributed by atoms with van der Waals surface area (Å²) in [4.78, 5) is 23.3. The molecule has 0 aromatic heterocycles. The number of Topliss-reactive ketones (excluding diaryl/α,β-unsaturated/α-hetero) is 1. The van der Waals surface area contributed by atoms with Crippen LogP contribution in [0.1, 0.15) is 31.1 Å². The zero-order chi connectivity index (χ0) is 16.9. The highest BCUT2D eigenvalue weighted by Gasteiger charge is 2.27. The molecule has 3 atom stereocenters. The summed E-state index contributed by atoms with van der Waals surface area (Å²) in [5.74, 6) is -1.05. The maximum atomic E-state index is 12.3. The normalized spacial score (nSPS) is 14.9. The third kappa shape index (κ3) is 4.44. The summed E-state index contributed by atoms with van der Waals surface area (Å²) in [6.07, 6.45) is -1.13. The summed E-state index contributed by atoms with van der Waals surface area (Å²) < 4.78 is 5.30. The van der Waals surface area contributed by atoms with Crippen LogP contribution in [0.5, 0.6) is 5.75 Å². The van der Waals surface area contributed by atoms with E-state index in [1.807, 2.05) is 6.92 Å². The van der Waals surface area contributed by atoms with Crippen molar-refractivity contribution in [2.45, 2.75) is 39.0 Å². The molecule has 0 saturated heterocycles. The first kappa shape index (κ1) is 17.9. The molecule has 0 aliphatic heterocycles. The fourth-order valence-electron chi connectivity index (χ4n) is 2.00. The number of hydrogen-bond donors (Lipinski definition) is 4. The molecule has 0 spiro atoms. The van der Waals surface area contributed by atoms with Crippen molar-refractivity contribution in [3.8, 4) is 5.75 Å². The van der Waals surface area contributed by atoms with E-state index in [1.165, 1.54) is 19.9 Å². The first-order valence-electron chi connectivity index (χ1n) is 7.01. The van der Waals surface area contributed by atoms with Crippen molar-refractivity contribution in [1.29, 1.82) is 0 Å². The molecule has 0 aliphatic rings. The van der Waals surface area contributed by atoms with E-state index < -0.39 is 24.2 Å². The van der Waals surface area contributed by atoms with Crippen molar-refractivity contribution in [2.24, 2.45) is 0 Å². The average molecular weight is 310 g/mol. The summed E-state index contributed by atoms with van der Waals surface area (Å²) in [6.45, 7) is 5.17. The minimum absolute atomic E-state index is 0.318. The molecule has 1 aromatic rings. The highest BCUT2D eigenvalue weighted by atomic mass is 16.5. The Morgan fingerprint density at radius 2 is 2.00 bits per heavy atom. The minimum atomic E-state index is -1.22. The van der Waals surface area contributed by atoms with E-state index in [1.54, 1.807) is 12.1 Å². The van der Waals surface area contributed by atoms with Gasteiger partial charge in [0.2, 0.25) is 0 Å². The third-order valence-corrected chi connectivity index (χ3v) is 3.17. The van der Waals surface area contributed by atoms with Crippen LogP contribution >= 0.6 is 0 Å². The molecule has 0 heterocycles. The number of aliphatic hydroxyl groups excluding tert-OH is 1. The number of hydrogen-bond acceptors (Lipinski definition) is 6. The molecule has 7 heteroatoms. The zero-order valence-corrected chi connectivity index (χ0v) is 12.9. The number of nitrogens with one attached hydrogen (secondary N) is 1. The lowest BCUT2D eigenvalue weighted by atomic mass is 10.0. The zero-order valence-electron chi connectivity index (χ0n) is 12.9. The molecule has 122 valence electrons. The number of anilines is 1. The highest BCUT2D eigenvalue weighted by Crippen LogP contribution is 2.23. The van der Waals surface area contributed by atoms with Crippen LogP contribution in [0.15, 0.2) is 18.2 Å². The van der Waals surface area contributed by atoms with Gasteiger partial charge in [0, 0.05) is 5.56 Å². The fourth-order valence-corrected chi connectivity index (χ4v) is 2.00. The number of carbonyl (C=O) groups is 2. The van der Waals surface area contributed by atoms with Gasteiger partial charge in [-0.3, -0.25) is 14.9 Å². The Morgan fingerprint density at radius 1 is 1.36 bits per heavy atom. The maximum absolute atomic E-state index is 12.3. The Balaban J connectivity index is 2.86. The predicted octanol–water partition coefficient (Wildman–Crippen LogP) is 0.662. The second-order valence-electron chi connectivity index (χ2n) is 4.99. The largest absolute Gasteiger partial charge is 0.492 e. The molecule has 1 rings (SSSR count). The van der Waals surface area contributed by atoms with E-state index in [0.29, 0.717) is 23.6 Å². The van der Waals surface area contributed by atoms with Crippen LogP contribution in [-0.4, -0.2) is 46.8 Å². The first-order chi connectivity index (χ1) is 10.3. The van der Waals surface area contributed by atoms with Gasteiger partial charge in [0.1, 0.15) is 11.8 Å². The van der Waals surface area contributed by atoms with Crippen LogP contribution in [0.3, 0.4) is 0 Å². The second-order valence-corrected chi connectivity index (χ2v) is 4.99. The van der Waals surface area contributed by atoms with E-state index in [-0.39, 0.29) is 5.78 Å². The lowest BCUT2D eigenvalue weighted by molar-refractivity contribution is -0.142. The van der Waals surface area contributed by atoms with E-state index in [9.17, 15) is 14.7 Å². The van der Waals surface area contributed by atoms with Crippen molar-refractivity contribution >= 4 is 17.4 Å². The Kier molecular flexibility index (Phi) is 6.33. The lowest BCUT2D eigenvalue weighted by Crippen LogP contribution is -2.51. The number of nitrogens with two attached hydrogens (primary N) is 1. The van der Waals surface area contributed by atoms with Gasteiger partial charge in [-0.15, -0.1) is 0 Å². The van der Waals surface area contributed by atoms with Crippen LogP contribution in [0, 0.1) is 0 Å². The van der Waals surface area contributed by atoms with Crippen LogP contribution < -0.4 is 15.8 Å². The van der Waals surface area contributed by atoms with Gasteiger partial charge in [0.25, 0.3) is 0 Å². The number of benzene rings is 1. The van der Waals surface area contributed by atoms with Gasteiger partial charge in [-0.2, -0.15) is 0 Å². The molecule has 0 bridgehead atoms. The number of rotatable bonds is 8. The second kappa shape index (κ2) is 7.77. The molecular weight excluding hydrogens is 288 g/mol.